The van der Waals surface area contributed by atoms with Gasteiger partial charge in [0.05, 0.1) is 16.7 Å². The van der Waals surface area contributed by atoms with E-state index in [-0.39, 0.29) is 34.9 Å². The van der Waals surface area contributed by atoms with Gasteiger partial charge in [-0.25, -0.2) is 32.9 Å². The third-order valence-corrected chi connectivity index (χ3v) is 8.08. The molecule has 6 rings (SSSR count). The summed E-state index contributed by atoms with van der Waals surface area (Å²) < 4.78 is 81.2. The van der Waals surface area contributed by atoms with Crippen molar-refractivity contribution < 1.29 is 50.6 Å². The average molecular weight is 694 g/mol. The number of amides is 2. The molecule has 2 aliphatic rings. The van der Waals surface area contributed by atoms with Crippen molar-refractivity contribution in [1.82, 2.24) is 29.2 Å². The highest BCUT2D eigenvalue weighted by Crippen LogP contribution is 2.40. The summed E-state index contributed by atoms with van der Waals surface area (Å²) in [4.78, 5) is 53.4. The van der Waals surface area contributed by atoms with Crippen molar-refractivity contribution in [3.63, 3.8) is 0 Å². The van der Waals surface area contributed by atoms with Gasteiger partial charge in [-0.3, -0.25) is 14.0 Å². The molecule has 2 aliphatic heterocycles. The van der Waals surface area contributed by atoms with Gasteiger partial charge in [-0.1, -0.05) is 0 Å². The standard InChI is InChI=1S/C29H28F3N7O3.C2HF3O2/c1-15-23(39-9-5-6-19(26(39)33-15)42-14-16-17(30)7-8-18(31)21(16)32)25-34-22(27(40)38-12-10-37(4)11-13-38)20-24(35-25)36-28(41)29(20,2)3;3-2(4,5)1(6)7/h5-9H,10-14H2,1-4H3,(H,34,35,36,41);(H,6,7). The van der Waals surface area contributed by atoms with Gasteiger partial charge in [-0.05, 0) is 52.1 Å². The van der Waals surface area contributed by atoms with Gasteiger partial charge < -0.3 is 25.0 Å². The van der Waals surface area contributed by atoms with Gasteiger partial charge in [0.1, 0.15) is 29.6 Å². The van der Waals surface area contributed by atoms with Gasteiger partial charge in [0, 0.05) is 37.9 Å². The van der Waals surface area contributed by atoms with E-state index in [1.165, 1.54) is 0 Å². The molecule has 12 nitrogen and oxygen atoms in total. The fourth-order valence-corrected chi connectivity index (χ4v) is 5.33. The molecular weight excluding hydrogens is 664 g/mol. The van der Waals surface area contributed by atoms with Crippen LogP contribution in [0, 0.1) is 24.4 Å². The van der Waals surface area contributed by atoms with E-state index < -0.39 is 47.2 Å². The van der Waals surface area contributed by atoms with Crippen LogP contribution in [0.5, 0.6) is 5.75 Å². The zero-order chi connectivity index (χ0) is 36.0. The summed E-state index contributed by atoms with van der Waals surface area (Å²) in [7, 11) is 1.99. The van der Waals surface area contributed by atoms with Crippen molar-refractivity contribution in [3.05, 3.63) is 70.4 Å². The number of aromatic nitrogens is 4. The number of nitrogens with zero attached hydrogens (tertiary/aromatic N) is 6. The van der Waals surface area contributed by atoms with Crippen LogP contribution in [0.1, 0.15) is 41.2 Å². The van der Waals surface area contributed by atoms with Crippen molar-refractivity contribution in [2.75, 3.05) is 38.5 Å². The number of piperazine rings is 1. The van der Waals surface area contributed by atoms with Gasteiger partial charge in [0.25, 0.3) is 5.91 Å². The molecule has 0 atom stereocenters. The second-order valence-electron chi connectivity index (χ2n) is 11.8. The van der Waals surface area contributed by atoms with Crippen LogP contribution < -0.4 is 10.1 Å². The third-order valence-electron chi connectivity index (χ3n) is 8.08. The molecule has 2 amide bonds. The van der Waals surface area contributed by atoms with Gasteiger partial charge >= 0.3 is 12.1 Å². The van der Waals surface area contributed by atoms with Crippen LogP contribution in [0.3, 0.4) is 0 Å². The number of aliphatic carboxylic acids is 1. The Morgan fingerprint density at radius 3 is 2.29 bits per heavy atom. The lowest BCUT2D eigenvalue weighted by Crippen LogP contribution is -2.47. The summed E-state index contributed by atoms with van der Waals surface area (Å²) >= 11 is 0. The van der Waals surface area contributed by atoms with Gasteiger partial charge in [-0.2, -0.15) is 13.2 Å². The zero-order valence-electron chi connectivity index (χ0n) is 26.5. The predicted octanol–water partition coefficient (Wildman–Crippen LogP) is 4.35. The predicted molar refractivity (Wildman–Crippen MR) is 160 cm³/mol. The van der Waals surface area contributed by atoms with E-state index in [4.69, 9.17) is 19.6 Å². The van der Waals surface area contributed by atoms with Crippen LogP contribution in [0.2, 0.25) is 0 Å². The monoisotopic (exact) mass is 693 g/mol. The number of anilines is 1. The van der Waals surface area contributed by atoms with E-state index in [1.54, 1.807) is 48.4 Å². The zero-order valence-corrected chi connectivity index (χ0v) is 26.5. The van der Waals surface area contributed by atoms with E-state index in [0.717, 1.165) is 6.07 Å². The molecule has 0 unspecified atom stereocenters. The van der Waals surface area contributed by atoms with Crippen LogP contribution in [0.25, 0.3) is 17.2 Å². The van der Waals surface area contributed by atoms with Crippen molar-refractivity contribution >= 4 is 29.2 Å². The molecule has 5 heterocycles. The number of hydrogen-bond donors (Lipinski definition) is 2. The SMILES string of the molecule is Cc1nc2c(OCc3c(F)ccc(F)c3F)cccn2c1-c1nc2c(c(C(=O)N3CCN(C)CC3)n1)C(C)(C)C(=O)N2.O=C(O)C(F)(F)F. The lowest BCUT2D eigenvalue weighted by molar-refractivity contribution is -0.192. The maximum atomic E-state index is 14.2. The fraction of sp³-hybridized carbons (Fsp3) is 0.355. The van der Waals surface area contributed by atoms with Crippen LogP contribution in [0.15, 0.2) is 30.5 Å². The number of imidazole rings is 1. The first-order chi connectivity index (χ1) is 22.9. The van der Waals surface area contributed by atoms with Crippen molar-refractivity contribution in [1.29, 1.82) is 0 Å². The van der Waals surface area contributed by atoms with E-state index in [1.807, 2.05) is 7.05 Å². The largest absolute Gasteiger partial charge is 0.490 e. The molecule has 0 radical (unpaired) electrons. The summed E-state index contributed by atoms with van der Waals surface area (Å²) in [5, 5.41) is 9.93. The molecule has 0 spiro atoms. The molecular formula is C31H29F6N7O5. The second kappa shape index (κ2) is 13.0. The highest BCUT2D eigenvalue weighted by Gasteiger charge is 2.45. The molecule has 1 fully saturated rings. The summed E-state index contributed by atoms with van der Waals surface area (Å²) in [6.07, 6.45) is -3.40. The van der Waals surface area contributed by atoms with Crippen LogP contribution in [-0.4, -0.2) is 91.4 Å². The summed E-state index contributed by atoms with van der Waals surface area (Å²) in [6, 6.07) is 4.75. The molecule has 18 heteroatoms. The fourth-order valence-electron chi connectivity index (χ4n) is 5.33. The maximum absolute atomic E-state index is 14.2. The third kappa shape index (κ3) is 6.72. The van der Waals surface area contributed by atoms with Crippen molar-refractivity contribution in [2.45, 2.75) is 39.0 Å². The summed E-state index contributed by atoms with van der Waals surface area (Å²) in [6.45, 7) is 7.07. The van der Waals surface area contributed by atoms with E-state index in [2.05, 4.69) is 20.2 Å². The van der Waals surface area contributed by atoms with Crippen LogP contribution >= 0.6 is 0 Å². The number of carboxylic acid groups (broad SMARTS) is 1. The number of carbonyl (C=O) groups is 3. The average Bonchev–Trinajstić information content (AvgIpc) is 3.49. The summed E-state index contributed by atoms with van der Waals surface area (Å²) in [5.41, 5.74) is 0.220. The number of carbonyl (C=O) groups excluding carboxylic acids is 2. The lowest BCUT2D eigenvalue weighted by Gasteiger charge is -2.33. The number of pyridine rings is 1. The van der Waals surface area contributed by atoms with Gasteiger partial charge in [-0.15, -0.1) is 0 Å². The Labute approximate surface area is 274 Å². The second-order valence-corrected chi connectivity index (χ2v) is 11.8. The minimum Gasteiger partial charge on any atom is -0.485 e. The quantitative estimate of drug-likeness (QED) is 0.231. The van der Waals surface area contributed by atoms with E-state index in [9.17, 15) is 35.9 Å². The number of alkyl halides is 3. The summed E-state index contributed by atoms with van der Waals surface area (Å²) in [5.74, 6) is -6.18. The van der Waals surface area contributed by atoms with Crippen molar-refractivity contribution in [3.8, 4) is 17.3 Å². The topological polar surface area (TPSA) is 142 Å². The number of rotatable bonds is 5. The van der Waals surface area contributed by atoms with E-state index >= 15 is 0 Å². The van der Waals surface area contributed by atoms with Gasteiger partial charge in [0.2, 0.25) is 5.91 Å². The molecule has 260 valence electrons. The Kier molecular flexibility index (Phi) is 9.29. The molecule has 49 heavy (non-hydrogen) atoms. The first kappa shape index (κ1) is 35.1. The highest BCUT2D eigenvalue weighted by molar-refractivity contribution is 6.09. The molecule has 1 saturated heterocycles. The van der Waals surface area contributed by atoms with Crippen LogP contribution in [0.4, 0.5) is 32.2 Å². The molecule has 0 aliphatic carbocycles. The number of nitrogens with one attached hydrogen (secondary N) is 1. The number of benzene rings is 1. The number of fused-ring (bicyclic) bond motifs is 2. The first-order valence-electron chi connectivity index (χ1n) is 14.7. The van der Waals surface area contributed by atoms with E-state index in [0.29, 0.717) is 54.8 Å². The maximum Gasteiger partial charge on any atom is 0.490 e. The molecule has 3 aromatic heterocycles. The Hall–Kier alpha value is -5.26. The Morgan fingerprint density at radius 1 is 1.02 bits per heavy atom. The van der Waals surface area contributed by atoms with Crippen LogP contribution in [-0.2, 0) is 21.6 Å². The van der Waals surface area contributed by atoms with Gasteiger partial charge in [0.15, 0.2) is 28.9 Å². The molecule has 1 aromatic carbocycles. The number of hydrogen-bond acceptors (Lipinski definition) is 8. The smallest absolute Gasteiger partial charge is 0.485 e. The lowest BCUT2D eigenvalue weighted by atomic mass is 9.85. The normalized spacial score (nSPS) is 15.8. The van der Waals surface area contributed by atoms with Crippen molar-refractivity contribution in [2.24, 2.45) is 0 Å². The highest BCUT2D eigenvalue weighted by atomic mass is 19.4. The Balaban J connectivity index is 0.000000606. The molecule has 2 N–H and O–H groups in total. The first-order valence-corrected chi connectivity index (χ1v) is 14.7. The number of ether oxygens (including phenoxy) is 1. The Morgan fingerprint density at radius 2 is 1.65 bits per heavy atom. The minimum absolute atomic E-state index is 0.140. The number of aryl methyl sites for hydroxylation is 1. The number of likely N-dealkylation sites (N-methyl/N-ethyl adjacent to an activating group) is 1. The minimum atomic E-state index is -5.08. The number of carboxylic acids is 1. The molecule has 0 saturated carbocycles. The molecule has 0 bridgehead atoms. The number of halogens is 6. The molecule has 4 aromatic rings. The Bertz CT molecular complexity index is 1970.